The second-order valence-electron chi connectivity index (χ2n) is 5.72. The Morgan fingerprint density at radius 2 is 1.58 bits per heavy atom. The predicted molar refractivity (Wildman–Crippen MR) is 89.4 cm³/mol. The molecule has 0 bridgehead atoms. The summed E-state index contributed by atoms with van der Waals surface area (Å²) in [5.41, 5.74) is 6.83. The SMILES string of the molecule is Nc1ccc(N2CCN(c3ccccc3C(F)C(F)F)CC2)nc1. The van der Waals surface area contributed by atoms with E-state index in [1.165, 1.54) is 6.07 Å². The van der Waals surface area contributed by atoms with E-state index in [4.69, 9.17) is 5.73 Å². The van der Waals surface area contributed by atoms with Gasteiger partial charge in [-0.2, -0.15) is 0 Å². The summed E-state index contributed by atoms with van der Waals surface area (Å²) in [4.78, 5) is 8.33. The minimum absolute atomic E-state index is 0.0477. The molecule has 1 atom stereocenters. The first-order valence-electron chi connectivity index (χ1n) is 7.79. The topological polar surface area (TPSA) is 45.4 Å². The molecule has 24 heavy (non-hydrogen) atoms. The minimum atomic E-state index is -3.02. The number of para-hydroxylation sites is 1. The highest BCUT2D eigenvalue weighted by molar-refractivity contribution is 5.56. The van der Waals surface area contributed by atoms with E-state index in [1.54, 1.807) is 30.5 Å². The van der Waals surface area contributed by atoms with Crippen LogP contribution in [0.5, 0.6) is 0 Å². The van der Waals surface area contributed by atoms with E-state index < -0.39 is 12.6 Å². The molecule has 2 N–H and O–H groups in total. The number of hydrogen-bond donors (Lipinski definition) is 1. The second kappa shape index (κ2) is 6.98. The summed E-state index contributed by atoms with van der Waals surface area (Å²) in [7, 11) is 0. The summed E-state index contributed by atoms with van der Waals surface area (Å²) < 4.78 is 39.4. The second-order valence-corrected chi connectivity index (χ2v) is 5.72. The predicted octanol–water partition coefficient (Wildman–Crippen LogP) is 3.27. The van der Waals surface area contributed by atoms with Crippen LogP contribution in [0.15, 0.2) is 42.6 Å². The molecule has 0 radical (unpaired) electrons. The summed E-state index contributed by atoms with van der Waals surface area (Å²) in [6.07, 6.45) is -3.68. The van der Waals surface area contributed by atoms with E-state index in [0.717, 1.165) is 5.82 Å². The number of rotatable bonds is 4. The molecule has 1 aliphatic heterocycles. The van der Waals surface area contributed by atoms with Crippen molar-refractivity contribution < 1.29 is 13.2 Å². The first-order valence-corrected chi connectivity index (χ1v) is 7.79. The summed E-state index contributed by atoms with van der Waals surface area (Å²) in [6.45, 7) is 2.58. The Labute approximate surface area is 138 Å². The molecule has 1 saturated heterocycles. The number of nitrogen functional groups attached to an aromatic ring is 1. The van der Waals surface area contributed by atoms with Crippen molar-refractivity contribution in [1.82, 2.24) is 4.98 Å². The number of nitrogens with zero attached hydrogens (tertiary/aromatic N) is 3. The number of alkyl halides is 3. The van der Waals surface area contributed by atoms with E-state index in [1.807, 2.05) is 11.0 Å². The van der Waals surface area contributed by atoms with Gasteiger partial charge in [-0.05, 0) is 18.2 Å². The zero-order valence-corrected chi connectivity index (χ0v) is 13.1. The fourth-order valence-electron chi connectivity index (χ4n) is 2.91. The van der Waals surface area contributed by atoms with Gasteiger partial charge < -0.3 is 15.5 Å². The van der Waals surface area contributed by atoms with Crippen LogP contribution in [0.1, 0.15) is 11.7 Å². The Morgan fingerprint density at radius 3 is 2.21 bits per heavy atom. The summed E-state index contributed by atoms with van der Waals surface area (Å²) in [5, 5.41) is 0. The molecule has 4 nitrogen and oxygen atoms in total. The normalized spacial score (nSPS) is 16.5. The zero-order valence-electron chi connectivity index (χ0n) is 13.1. The van der Waals surface area contributed by atoms with Gasteiger partial charge in [0.2, 0.25) is 0 Å². The molecule has 1 aliphatic rings. The van der Waals surface area contributed by atoms with Crippen LogP contribution in [0.3, 0.4) is 0 Å². The lowest BCUT2D eigenvalue weighted by Gasteiger charge is -2.37. The summed E-state index contributed by atoms with van der Waals surface area (Å²) in [5.74, 6) is 0.827. The van der Waals surface area contributed by atoms with Crippen molar-refractivity contribution >= 4 is 17.2 Å². The molecule has 1 aromatic carbocycles. The third kappa shape index (κ3) is 3.39. The number of anilines is 3. The van der Waals surface area contributed by atoms with Crippen molar-refractivity contribution in [3.8, 4) is 0 Å². The third-order valence-electron chi connectivity index (χ3n) is 4.17. The van der Waals surface area contributed by atoms with Crippen LogP contribution in [0.25, 0.3) is 0 Å². The Morgan fingerprint density at radius 1 is 0.917 bits per heavy atom. The molecule has 0 amide bonds. The van der Waals surface area contributed by atoms with Gasteiger partial charge in [0.25, 0.3) is 6.43 Å². The quantitative estimate of drug-likeness (QED) is 0.931. The third-order valence-corrected chi connectivity index (χ3v) is 4.17. The molecular formula is C17H19F3N4. The van der Waals surface area contributed by atoms with Crippen molar-refractivity contribution in [2.75, 3.05) is 41.7 Å². The molecule has 1 unspecified atom stereocenters. The molecule has 7 heteroatoms. The van der Waals surface area contributed by atoms with Gasteiger partial charge in [0, 0.05) is 37.4 Å². The molecule has 0 saturated carbocycles. The van der Waals surface area contributed by atoms with Crippen LogP contribution >= 0.6 is 0 Å². The average molecular weight is 336 g/mol. The Kier molecular flexibility index (Phi) is 4.78. The number of halogens is 3. The lowest BCUT2D eigenvalue weighted by molar-refractivity contribution is 0.0498. The first kappa shape index (κ1) is 16.4. The molecule has 0 aliphatic carbocycles. The molecule has 2 aromatic rings. The van der Waals surface area contributed by atoms with E-state index in [-0.39, 0.29) is 5.56 Å². The highest BCUT2D eigenvalue weighted by atomic mass is 19.3. The number of aromatic nitrogens is 1. The maximum absolute atomic E-state index is 13.8. The molecule has 3 rings (SSSR count). The van der Waals surface area contributed by atoms with Gasteiger partial charge >= 0.3 is 0 Å². The van der Waals surface area contributed by atoms with Crippen LogP contribution < -0.4 is 15.5 Å². The van der Waals surface area contributed by atoms with Gasteiger partial charge in [0.15, 0.2) is 6.17 Å². The Hall–Kier alpha value is -2.44. The summed E-state index contributed by atoms with van der Waals surface area (Å²) >= 11 is 0. The van der Waals surface area contributed by atoms with Gasteiger partial charge in [-0.1, -0.05) is 18.2 Å². The fraction of sp³-hybridized carbons (Fsp3) is 0.353. The molecule has 2 heterocycles. The highest BCUT2D eigenvalue weighted by Gasteiger charge is 2.27. The van der Waals surface area contributed by atoms with Crippen molar-refractivity contribution in [2.45, 2.75) is 12.6 Å². The van der Waals surface area contributed by atoms with Crippen LogP contribution in [-0.2, 0) is 0 Å². The molecular weight excluding hydrogens is 317 g/mol. The average Bonchev–Trinajstić information content (AvgIpc) is 2.62. The molecule has 0 spiro atoms. The van der Waals surface area contributed by atoms with E-state index >= 15 is 0 Å². The maximum Gasteiger partial charge on any atom is 0.273 e. The van der Waals surface area contributed by atoms with Crippen molar-refractivity contribution in [1.29, 1.82) is 0 Å². The number of benzene rings is 1. The molecule has 128 valence electrons. The monoisotopic (exact) mass is 336 g/mol. The van der Waals surface area contributed by atoms with E-state index in [9.17, 15) is 13.2 Å². The van der Waals surface area contributed by atoms with E-state index in [0.29, 0.717) is 37.6 Å². The van der Waals surface area contributed by atoms with Gasteiger partial charge in [-0.25, -0.2) is 18.2 Å². The van der Waals surface area contributed by atoms with Gasteiger partial charge in [0.05, 0.1) is 11.9 Å². The lowest BCUT2D eigenvalue weighted by Crippen LogP contribution is -2.47. The molecule has 1 aromatic heterocycles. The van der Waals surface area contributed by atoms with Crippen molar-refractivity contribution in [3.05, 3.63) is 48.2 Å². The van der Waals surface area contributed by atoms with Crippen LogP contribution in [0, 0.1) is 0 Å². The number of hydrogen-bond acceptors (Lipinski definition) is 4. The number of nitrogens with two attached hydrogens (primary N) is 1. The van der Waals surface area contributed by atoms with Gasteiger partial charge in [0.1, 0.15) is 5.82 Å². The van der Waals surface area contributed by atoms with Crippen molar-refractivity contribution in [3.63, 3.8) is 0 Å². The molecule has 1 fully saturated rings. The lowest BCUT2D eigenvalue weighted by atomic mass is 10.1. The van der Waals surface area contributed by atoms with Crippen molar-refractivity contribution in [2.24, 2.45) is 0 Å². The Bertz CT molecular complexity index is 670. The first-order chi connectivity index (χ1) is 11.6. The summed E-state index contributed by atoms with van der Waals surface area (Å²) in [6, 6.07) is 10.1. The van der Waals surface area contributed by atoms with Crippen LogP contribution in [-0.4, -0.2) is 37.6 Å². The number of piperazine rings is 1. The smallest absolute Gasteiger partial charge is 0.273 e. The van der Waals surface area contributed by atoms with E-state index in [2.05, 4.69) is 9.88 Å². The minimum Gasteiger partial charge on any atom is -0.397 e. The van der Waals surface area contributed by atoms with Crippen LogP contribution in [0.4, 0.5) is 30.4 Å². The zero-order chi connectivity index (χ0) is 17.1. The standard InChI is InChI=1S/C17H19F3N4/c18-16(17(19)20)13-3-1-2-4-14(13)23-7-9-24(10-8-23)15-6-5-12(21)11-22-15/h1-6,11,16-17H,7-10,21H2. The number of pyridine rings is 1. The van der Waals surface area contributed by atoms with Gasteiger partial charge in [-0.3, -0.25) is 0 Å². The highest BCUT2D eigenvalue weighted by Crippen LogP contribution is 2.33. The maximum atomic E-state index is 13.8. The Balaban J connectivity index is 1.72. The largest absolute Gasteiger partial charge is 0.397 e. The van der Waals surface area contributed by atoms with Gasteiger partial charge in [-0.15, -0.1) is 0 Å². The van der Waals surface area contributed by atoms with Crippen LogP contribution in [0.2, 0.25) is 0 Å². The fourth-order valence-corrected chi connectivity index (χ4v) is 2.91.